The summed E-state index contributed by atoms with van der Waals surface area (Å²) < 4.78 is 4.01. The van der Waals surface area contributed by atoms with Gasteiger partial charge in [0.25, 0.3) is 5.91 Å². The number of rotatable bonds is 6. The summed E-state index contributed by atoms with van der Waals surface area (Å²) in [4.78, 5) is 17.0. The van der Waals surface area contributed by atoms with Crippen molar-refractivity contribution in [3.8, 4) is 6.07 Å². The average molecular weight is 410 g/mol. The van der Waals surface area contributed by atoms with E-state index in [-0.39, 0.29) is 12.1 Å². The SMILES string of the molecule is Cc1cc(/C=C(/C#N)C(=O)NCc2cn3cc(Cl)ccc3n2)c(C)n1CC(C)C. The van der Waals surface area contributed by atoms with Gasteiger partial charge in [-0.25, -0.2) is 4.98 Å². The number of amides is 1. The molecule has 0 aliphatic carbocycles. The summed E-state index contributed by atoms with van der Waals surface area (Å²) in [5.41, 5.74) is 4.55. The Kier molecular flexibility index (Phi) is 6.09. The number of nitriles is 1. The van der Waals surface area contributed by atoms with Gasteiger partial charge in [-0.15, -0.1) is 0 Å². The Labute approximate surface area is 175 Å². The van der Waals surface area contributed by atoms with Crippen LogP contribution in [0, 0.1) is 31.1 Å². The summed E-state index contributed by atoms with van der Waals surface area (Å²) in [6.45, 7) is 9.50. The maximum atomic E-state index is 12.5. The van der Waals surface area contributed by atoms with E-state index in [1.54, 1.807) is 35.0 Å². The topological polar surface area (TPSA) is 75.1 Å². The van der Waals surface area contributed by atoms with Crippen molar-refractivity contribution in [2.45, 2.75) is 40.8 Å². The standard InChI is InChI=1S/C22H24ClN5O/c1-14(2)11-28-15(3)7-17(16(28)4)8-18(9-24)22(29)25-10-20-13-27-12-19(23)5-6-21(27)26-20/h5-8,12-14H,10-11H2,1-4H3,(H,25,29)/b18-8-. The minimum atomic E-state index is -0.420. The molecule has 6 nitrogen and oxygen atoms in total. The van der Waals surface area contributed by atoms with Gasteiger partial charge in [-0.3, -0.25) is 4.79 Å². The lowest BCUT2D eigenvalue weighted by molar-refractivity contribution is -0.117. The predicted molar refractivity (Wildman–Crippen MR) is 114 cm³/mol. The molecule has 3 rings (SSSR count). The van der Waals surface area contributed by atoms with Crippen LogP contribution in [0.25, 0.3) is 11.7 Å². The first-order chi connectivity index (χ1) is 13.8. The Morgan fingerprint density at radius 1 is 1.34 bits per heavy atom. The molecule has 29 heavy (non-hydrogen) atoms. The van der Waals surface area contributed by atoms with E-state index >= 15 is 0 Å². The Morgan fingerprint density at radius 3 is 2.79 bits per heavy atom. The first-order valence-electron chi connectivity index (χ1n) is 9.48. The van der Waals surface area contributed by atoms with Crippen LogP contribution in [0.1, 0.15) is 36.5 Å². The number of nitrogens with one attached hydrogen (secondary N) is 1. The highest BCUT2D eigenvalue weighted by Crippen LogP contribution is 2.20. The fourth-order valence-corrected chi connectivity index (χ4v) is 3.46. The Balaban J connectivity index is 1.75. The van der Waals surface area contributed by atoms with Crippen LogP contribution in [-0.2, 0) is 17.9 Å². The van der Waals surface area contributed by atoms with Crippen LogP contribution in [0.5, 0.6) is 0 Å². The average Bonchev–Trinajstić information content (AvgIpc) is 3.18. The summed E-state index contributed by atoms with van der Waals surface area (Å²) in [6.07, 6.45) is 5.21. The number of fused-ring (bicyclic) bond motifs is 1. The van der Waals surface area contributed by atoms with E-state index in [1.165, 1.54) is 0 Å². The Bertz CT molecular complexity index is 1130. The van der Waals surface area contributed by atoms with Crippen molar-refractivity contribution in [3.05, 3.63) is 63.8 Å². The zero-order chi connectivity index (χ0) is 21.1. The maximum Gasteiger partial charge on any atom is 0.262 e. The zero-order valence-electron chi connectivity index (χ0n) is 17.0. The third kappa shape index (κ3) is 4.69. The van der Waals surface area contributed by atoms with Crippen molar-refractivity contribution in [2.24, 2.45) is 5.92 Å². The number of aryl methyl sites for hydroxylation is 1. The van der Waals surface area contributed by atoms with Crippen LogP contribution in [0.2, 0.25) is 5.02 Å². The van der Waals surface area contributed by atoms with Crippen LogP contribution in [0.3, 0.4) is 0 Å². The molecule has 0 aliphatic rings. The molecule has 3 heterocycles. The van der Waals surface area contributed by atoms with Gasteiger partial charge in [0.2, 0.25) is 0 Å². The molecule has 150 valence electrons. The summed E-state index contributed by atoms with van der Waals surface area (Å²) in [6, 6.07) is 7.59. The minimum absolute atomic E-state index is 0.0709. The number of aromatic nitrogens is 3. The monoisotopic (exact) mass is 409 g/mol. The zero-order valence-corrected chi connectivity index (χ0v) is 17.8. The molecule has 0 aromatic carbocycles. The lowest BCUT2D eigenvalue weighted by Crippen LogP contribution is -2.24. The molecule has 0 spiro atoms. The fourth-order valence-electron chi connectivity index (χ4n) is 3.29. The summed E-state index contributed by atoms with van der Waals surface area (Å²) in [7, 11) is 0. The molecule has 1 amide bonds. The molecule has 0 saturated heterocycles. The van der Waals surface area contributed by atoms with E-state index in [9.17, 15) is 10.1 Å². The third-order valence-corrected chi connectivity index (χ3v) is 4.94. The molecule has 3 aromatic heterocycles. The number of hydrogen-bond donors (Lipinski definition) is 1. The van der Waals surface area contributed by atoms with Crippen molar-refractivity contribution >= 4 is 29.2 Å². The quantitative estimate of drug-likeness (QED) is 0.487. The van der Waals surface area contributed by atoms with Gasteiger partial charge in [0, 0.05) is 30.3 Å². The fraction of sp³-hybridized carbons (Fsp3) is 0.318. The molecule has 0 radical (unpaired) electrons. The van der Waals surface area contributed by atoms with Crippen molar-refractivity contribution in [3.63, 3.8) is 0 Å². The van der Waals surface area contributed by atoms with Crippen LogP contribution >= 0.6 is 11.6 Å². The van der Waals surface area contributed by atoms with Crippen molar-refractivity contribution in [2.75, 3.05) is 0 Å². The van der Waals surface area contributed by atoms with Crippen LogP contribution < -0.4 is 5.32 Å². The van der Waals surface area contributed by atoms with E-state index in [0.29, 0.717) is 16.6 Å². The molecule has 0 bridgehead atoms. The summed E-state index contributed by atoms with van der Waals surface area (Å²) in [5.74, 6) is 0.0897. The van der Waals surface area contributed by atoms with Crippen LogP contribution in [0.15, 0.2) is 36.2 Å². The minimum Gasteiger partial charge on any atom is -0.348 e. The highest BCUT2D eigenvalue weighted by molar-refractivity contribution is 6.30. The number of carbonyl (C=O) groups excluding carboxylic acids is 1. The number of hydrogen-bond acceptors (Lipinski definition) is 3. The van der Waals surface area contributed by atoms with Crippen molar-refractivity contribution in [1.82, 2.24) is 19.3 Å². The molecular weight excluding hydrogens is 386 g/mol. The first kappa shape index (κ1) is 20.7. The van der Waals surface area contributed by atoms with Crippen molar-refractivity contribution < 1.29 is 4.79 Å². The van der Waals surface area contributed by atoms with E-state index in [0.717, 1.165) is 29.1 Å². The molecule has 0 aliphatic heterocycles. The molecular formula is C22H24ClN5O. The predicted octanol–water partition coefficient (Wildman–Crippen LogP) is 4.29. The largest absolute Gasteiger partial charge is 0.348 e. The smallest absolute Gasteiger partial charge is 0.262 e. The highest BCUT2D eigenvalue weighted by atomic mass is 35.5. The molecule has 0 saturated carbocycles. The molecule has 7 heteroatoms. The van der Waals surface area contributed by atoms with Gasteiger partial charge in [-0.05, 0) is 49.6 Å². The van der Waals surface area contributed by atoms with Gasteiger partial charge in [0.15, 0.2) is 0 Å². The van der Waals surface area contributed by atoms with Crippen LogP contribution in [-0.4, -0.2) is 19.9 Å². The van der Waals surface area contributed by atoms with Gasteiger partial charge in [0.1, 0.15) is 17.3 Å². The molecule has 0 unspecified atom stereocenters. The molecule has 3 aromatic rings. The summed E-state index contributed by atoms with van der Waals surface area (Å²) in [5, 5.41) is 12.9. The molecule has 0 fully saturated rings. The Hall–Kier alpha value is -3.04. The van der Waals surface area contributed by atoms with Crippen LogP contribution in [0.4, 0.5) is 0 Å². The number of pyridine rings is 1. The van der Waals surface area contributed by atoms with Gasteiger partial charge in [-0.1, -0.05) is 25.4 Å². The second-order valence-electron chi connectivity index (χ2n) is 7.53. The molecule has 1 N–H and O–H groups in total. The highest BCUT2D eigenvalue weighted by Gasteiger charge is 2.14. The third-order valence-electron chi connectivity index (χ3n) is 4.72. The normalized spacial score (nSPS) is 11.8. The van der Waals surface area contributed by atoms with Gasteiger partial charge >= 0.3 is 0 Å². The van der Waals surface area contributed by atoms with Gasteiger partial charge in [0.05, 0.1) is 17.3 Å². The lowest BCUT2D eigenvalue weighted by atomic mass is 10.1. The second kappa shape index (κ2) is 8.54. The first-order valence-corrected chi connectivity index (χ1v) is 9.86. The maximum absolute atomic E-state index is 12.5. The Morgan fingerprint density at radius 2 is 2.10 bits per heavy atom. The van der Waals surface area contributed by atoms with Gasteiger partial charge < -0.3 is 14.3 Å². The second-order valence-corrected chi connectivity index (χ2v) is 7.96. The number of nitrogens with zero attached hydrogens (tertiary/aromatic N) is 4. The number of carbonyl (C=O) groups is 1. The molecule has 0 atom stereocenters. The van der Waals surface area contributed by atoms with E-state index in [1.807, 2.05) is 26.0 Å². The number of imidazole rings is 1. The summed E-state index contributed by atoms with van der Waals surface area (Å²) >= 11 is 5.98. The van der Waals surface area contributed by atoms with Gasteiger partial charge in [-0.2, -0.15) is 5.26 Å². The van der Waals surface area contributed by atoms with Crippen molar-refractivity contribution in [1.29, 1.82) is 5.26 Å². The van der Waals surface area contributed by atoms with E-state index < -0.39 is 5.91 Å². The number of halogens is 1. The van der Waals surface area contributed by atoms with E-state index in [2.05, 4.69) is 28.7 Å². The lowest BCUT2D eigenvalue weighted by Gasteiger charge is -2.12. The van der Waals surface area contributed by atoms with E-state index in [4.69, 9.17) is 11.6 Å².